The molecule has 10 nitrogen and oxygen atoms in total. The fourth-order valence-corrected chi connectivity index (χ4v) is 4.59. The van der Waals surface area contributed by atoms with Crippen molar-refractivity contribution in [1.82, 2.24) is 10.2 Å². The Balaban J connectivity index is 1.46. The SMILES string of the molecule is CC1=NN(c2ccccc2)C(=O)[C@H]1N=Nc1ccc(S(=O)(=O)Nc2nnc(C)s2)cc1. The Morgan fingerprint density at radius 2 is 1.74 bits per heavy atom. The van der Waals surface area contributed by atoms with E-state index in [-0.39, 0.29) is 15.9 Å². The average molecular weight is 456 g/mol. The first-order valence-corrected chi connectivity index (χ1v) is 11.4. The van der Waals surface area contributed by atoms with Gasteiger partial charge in [0.1, 0.15) is 5.01 Å². The maximum atomic E-state index is 12.7. The third kappa shape index (κ3) is 4.49. The monoisotopic (exact) mass is 455 g/mol. The number of aromatic nitrogens is 2. The van der Waals surface area contributed by atoms with Crippen molar-refractivity contribution in [1.29, 1.82) is 0 Å². The van der Waals surface area contributed by atoms with Gasteiger partial charge in [-0.3, -0.25) is 9.52 Å². The van der Waals surface area contributed by atoms with Gasteiger partial charge in [-0.05, 0) is 50.2 Å². The fraction of sp³-hybridized carbons (Fsp3) is 0.158. The van der Waals surface area contributed by atoms with Gasteiger partial charge in [0.05, 0.1) is 22.0 Å². The highest BCUT2D eigenvalue weighted by Crippen LogP contribution is 2.24. The molecule has 0 fully saturated rings. The third-order valence-electron chi connectivity index (χ3n) is 4.28. The van der Waals surface area contributed by atoms with Gasteiger partial charge in [0, 0.05) is 0 Å². The fourth-order valence-electron chi connectivity index (χ4n) is 2.77. The number of amides is 1. The molecule has 1 amide bonds. The lowest BCUT2D eigenvalue weighted by Gasteiger charge is -2.11. The summed E-state index contributed by atoms with van der Waals surface area (Å²) in [6.07, 6.45) is 0. The number of sulfonamides is 1. The second-order valence-corrected chi connectivity index (χ2v) is 9.43. The predicted molar refractivity (Wildman–Crippen MR) is 117 cm³/mol. The van der Waals surface area contributed by atoms with Crippen molar-refractivity contribution in [3.05, 3.63) is 59.6 Å². The summed E-state index contributed by atoms with van der Waals surface area (Å²) in [5.74, 6) is -0.303. The summed E-state index contributed by atoms with van der Waals surface area (Å²) in [5, 5.41) is 22.2. The van der Waals surface area contributed by atoms with Crippen LogP contribution in [0, 0.1) is 6.92 Å². The van der Waals surface area contributed by atoms with Gasteiger partial charge in [-0.15, -0.1) is 10.2 Å². The van der Waals surface area contributed by atoms with Crippen molar-refractivity contribution < 1.29 is 13.2 Å². The first kappa shape index (κ1) is 20.8. The van der Waals surface area contributed by atoms with E-state index in [2.05, 4.69) is 30.2 Å². The summed E-state index contributed by atoms with van der Waals surface area (Å²) in [6, 6.07) is 14.0. The summed E-state index contributed by atoms with van der Waals surface area (Å²) in [6.45, 7) is 3.44. The zero-order valence-electron chi connectivity index (χ0n) is 16.5. The Labute approximate surface area is 182 Å². The quantitative estimate of drug-likeness (QED) is 0.569. The topological polar surface area (TPSA) is 129 Å². The van der Waals surface area contributed by atoms with E-state index < -0.39 is 16.1 Å². The van der Waals surface area contributed by atoms with Crippen LogP contribution in [0.3, 0.4) is 0 Å². The van der Waals surface area contributed by atoms with Crippen LogP contribution in [0.25, 0.3) is 0 Å². The van der Waals surface area contributed by atoms with Crippen molar-refractivity contribution in [3.8, 4) is 0 Å². The van der Waals surface area contributed by atoms with E-state index in [0.29, 0.717) is 22.1 Å². The van der Waals surface area contributed by atoms with Crippen LogP contribution in [-0.4, -0.2) is 36.3 Å². The zero-order chi connectivity index (χ0) is 22.0. The third-order valence-corrected chi connectivity index (χ3v) is 6.52. The predicted octanol–water partition coefficient (Wildman–Crippen LogP) is 3.52. The molecule has 2 aromatic carbocycles. The maximum Gasteiger partial charge on any atom is 0.280 e. The number of hydrogen-bond donors (Lipinski definition) is 1. The highest BCUT2D eigenvalue weighted by Gasteiger charge is 2.34. The average Bonchev–Trinajstić information content (AvgIpc) is 3.29. The highest BCUT2D eigenvalue weighted by atomic mass is 32.2. The molecular formula is C19H17N7O3S2. The van der Waals surface area contributed by atoms with Crippen molar-refractivity contribution in [2.75, 3.05) is 9.73 Å². The van der Waals surface area contributed by atoms with Crippen LogP contribution in [-0.2, 0) is 14.8 Å². The van der Waals surface area contributed by atoms with E-state index in [1.54, 1.807) is 26.0 Å². The maximum absolute atomic E-state index is 12.7. The lowest BCUT2D eigenvalue weighted by Crippen LogP contribution is -2.29. The largest absolute Gasteiger partial charge is 0.280 e. The molecule has 12 heteroatoms. The molecule has 0 bridgehead atoms. The van der Waals surface area contributed by atoms with Gasteiger partial charge in [0.2, 0.25) is 5.13 Å². The van der Waals surface area contributed by atoms with Crippen LogP contribution >= 0.6 is 11.3 Å². The number of para-hydroxylation sites is 1. The summed E-state index contributed by atoms with van der Waals surface area (Å²) in [7, 11) is -3.80. The van der Waals surface area contributed by atoms with Crippen LogP contribution < -0.4 is 9.73 Å². The van der Waals surface area contributed by atoms with Gasteiger partial charge in [0.25, 0.3) is 15.9 Å². The van der Waals surface area contributed by atoms with Gasteiger partial charge < -0.3 is 0 Å². The Morgan fingerprint density at radius 1 is 1.03 bits per heavy atom. The molecule has 1 aromatic heterocycles. The summed E-state index contributed by atoms with van der Waals surface area (Å²) in [4.78, 5) is 12.7. The Hall–Kier alpha value is -3.51. The highest BCUT2D eigenvalue weighted by molar-refractivity contribution is 7.93. The molecule has 0 saturated heterocycles. The Bertz CT molecular complexity index is 1270. The molecular weight excluding hydrogens is 438 g/mol. The van der Waals surface area contributed by atoms with E-state index in [1.165, 1.54) is 29.3 Å². The Morgan fingerprint density at radius 3 is 2.39 bits per heavy atom. The van der Waals surface area contributed by atoms with E-state index >= 15 is 0 Å². The molecule has 31 heavy (non-hydrogen) atoms. The molecule has 1 atom stereocenters. The number of nitrogens with zero attached hydrogens (tertiary/aromatic N) is 6. The second-order valence-electron chi connectivity index (χ2n) is 6.57. The number of carbonyl (C=O) groups excluding carboxylic acids is 1. The summed E-state index contributed by atoms with van der Waals surface area (Å²) >= 11 is 1.14. The minimum atomic E-state index is -3.80. The van der Waals surface area contributed by atoms with Crippen molar-refractivity contribution in [2.24, 2.45) is 15.3 Å². The molecule has 4 rings (SSSR count). The number of aryl methyl sites for hydroxylation is 1. The van der Waals surface area contributed by atoms with Crippen molar-refractivity contribution in [3.63, 3.8) is 0 Å². The van der Waals surface area contributed by atoms with Gasteiger partial charge in [0.15, 0.2) is 6.04 Å². The number of carbonyl (C=O) groups is 1. The number of anilines is 2. The van der Waals surface area contributed by atoms with E-state index in [9.17, 15) is 13.2 Å². The van der Waals surface area contributed by atoms with E-state index in [0.717, 1.165) is 11.3 Å². The molecule has 1 N–H and O–H groups in total. The van der Waals surface area contributed by atoms with Crippen LogP contribution in [0.4, 0.5) is 16.5 Å². The van der Waals surface area contributed by atoms with Gasteiger partial charge in [-0.1, -0.05) is 29.5 Å². The molecule has 3 aromatic rings. The van der Waals surface area contributed by atoms with Crippen LogP contribution in [0.15, 0.2) is 74.8 Å². The van der Waals surface area contributed by atoms with E-state index in [4.69, 9.17) is 0 Å². The molecule has 1 aliphatic heterocycles. The molecule has 2 heterocycles. The van der Waals surface area contributed by atoms with Gasteiger partial charge in [-0.25, -0.2) is 8.42 Å². The summed E-state index contributed by atoms with van der Waals surface area (Å²) in [5.41, 5.74) is 1.58. The lowest BCUT2D eigenvalue weighted by atomic mass is 10.2. The molecule has 1 aliphatic rings. The minimum absolute atomic E-state index is 0.0456. The lowest BCUT2D eigenvalue weighted by molar-refractivity contribution is -0.117. The van der Waals surface area contributed by atoms with Crippen LogP contribution in [0.5, 0.6) is 0 Å². The molecule has 0 spiro atoms. The van der Waals surface area contributed by atoms with E-state index in [1.807, 2.05) is 18.2 Å². The summed E-state index contributed by atoms with van der Waals surface area (Å²) < 4.78 is 27.3. The first-order valence-electron chi connectivity index (χ1n) is 9.11. The zero-order valence-corrected chi connectivity index (χ0v) is 18.1. The molecule has 0 unspecified atom stereocenters. The number of rotatable bonds is 6. The van der Waals surface area contributed by atoms with Gasteiger partial charge >= 0.3 is 0 Å². The van der Waals surface area contributed by atoms with Crippen molar-refractivity contribution >= 4 is 49.5 Å². The standard InChI is InChI=1S/C19H17N7O3S2/c1-12-17(18(27)26(24-12)15-6-4-3-5-7-15)22-21-14-8-10-16(11-9-14)31(28,29)25-19-23-20-13(2)30-19/h3-11,17H,1-2H3,(H,23,25)/t17-/m0/s1. The minimum Gasteiger partial charge on any atom is -0.269 e. The van der Waals surface area contributed by atoms with Gasteiger partial charge in [-0.2, -0.15) is 20.3 Å². The normalized spacial score (nSPS) is 16.7. The molecule has 158 valence electrons. The Kier molecular flexibility index (Phi) is 5.57. The van der Waals surface area contributed by atoms with Crippen molar-refractivity contribution in [2.45, 2.75) is 24.8 Å². The number of hydrogen-bond acceptors (Lipinski definition) is 9. The van der Waals surface area contributed by atoms with Crippen LogP contribution in [0.1, 0.15) is 11.9 Å². The smallest absolute Gasteiger partial charge is 0.269 e. The number of azo groups is 1. The molecule has 0 saturated carbocycles. The number of nitrogens with one attached hydrogen (secondary N) is 1. The molecule has 0 aliphatic carbocycles. The second kappa shape index (κ2) is 8.32. The van der Waals surface area contributed by atoms with Crippen LogP contribution in [0.2, 0.25) is 0 Å². The number of benzene rings is 2. The number of hydrazone groups is 1. The first-order chi connectivity index (χ1) is 14.8. The molecule has 0 radical (unpaired) electrons.